The van der Waals surface area contributed by atoms with Crippen LogP contribution in [0.2, 0.25) is 0 Å². The van der Waals surface area contributed by atoms with Gasteiger partial charge in [-0.1, -0.05) is 30.3 Å². The molecule has 6 heteroatoms. The van der Waals surface area contributed by atoms with Gasteiger partial charge in [-0.3, -0.25) is 9.63 Å². The third kappa shape index (κ3) is 4.45. The zero-order chi connectivity index (χ0) is 16.8. The van der Waals surface area contributed by atoms with Gasteiger partial charge in [0.25, 0.3) is 0 Å². The molecular formula is C17H24N2O4. The molecule has 126 valence electrons. The minimum Gasteiger partial charge on any atom is -0.465 e. The number of benzene rings is 1. The van der Waals surface area contributed by atoms with Crippen LogP contribution in [0.3, 0.4) is 0 Å². The van der Waals surface area contributed by atoms with Gasteiger partial charge in [0.1, 0.15) is 0 Å². The molecule has 2 rings (SSSR count). The number of hydrogen-bond donors (Lipinski definition) is 1. The summed E-state index contributed by atoms with van der Waals surface area (Å²) in [6, 6.07) is 9.55. The van der Waals surface area contributed by atoms with Crippen LogP contribution in [0.5, 0.6) is 0 Å². The van der Waals surface area contributed by atoms with Crippen molar-refractivity contribution >= 4 is 12.0 Å². The van der Waals surface area contributed by atoms with Crippen molar-refractivity contribution < 1.29 is 19.5 Å². The molecule has 0 aromatic heterocycles. The number of hydrogen-bond acceptors (Lipinski definition) is 3. The predicted molar refractivity (Wildman–Crippen MR) is 85.5 cm³/mol. The van der Waals surface area contributed by atoms with E-state index in [9.17, 15) is 14.7 Å². The molecule has 1 aliphatic rings. The van der Waals surface area contributed by atoms with Gasteiger partial charge in [0, 0.05) is 25.6 Å². The highest BCUT2D eigenvalue weighted by molar-refractivity contribution is 5.77. The summed E-state index contributed by atoms with van der Waals surface area (Å²) < 4.78 is 0. The summed E-state index contributed by atoms with van der Waals surface area (Å²) in [5.74, 6) is -0.112. The molecule has 1 aromatic rings. The average Bonchev–Trinajstić information content (AvgIpc) is 2.59. The van der Waals surface area contributed by atoms with Gasteiger partial charge < -0.3 is 10.0 Å². The highest BCUT2D eigenvalue weighted by Crippen LogP contribution is 2.29. The molecule has 0 radical (unpaired) electrons. The van der Waals surface area contributed by atoms with Crippen LogP contribution >= 0.6 is 0 Å². The summed E-state index contributed by atoms with van der Waals surface area (Å²) in [6.45, 7) is 0.386. The lowest BCUT2D eigenvalue weighted by atomic mass is 9.84. The Balaban J connectivity index is 1.96. The highest BCUT2D eigenvalue weighted by atomic mass is 16.7. The second kappa shape index (κ2) is 7.97. The Morgan fingerprint density at radius 3 is 2.30 bits per heavy atom. The van der Waals surface area contributed by atoms with Crippen LogP contribution in [-0.2, 0) is 16.2 Å². The molecule has 1 fully saturated rings. The second-order valence-electron chi connectivity index (χ2n) is 5.92. The van der Waals surface area contributed by atoms with Crippen molar-refractivity contribution in [3.63, 3.8) is 0 Å². The lowest BCUT2D eigenvalue weighted by Gasteiger charge is -2.35. The van der Waals surface area contributed by atoms with E-state index in [4.69, 9.17) is 4.84 Å². The largest absolute Gasteiger partial charge is 0.465 e. The maximum absolute atomic E-state index is 12.1. The standard InChI is InChI=1S/C17H24N2O4/c1-18(23-2)16(20)14-8-10-15(11-9-14)19(17(21)22)12-13-6-4-3-5-7-13/h3-7,14-15H,8-12H2,1-2H3,(H,21,22)/t14-,15-. The number of carbonyl (C=O) groups is 2. The molecular weight excluding hydrogens is 296 g/mol. The van der Waals surface area contributed by atoms with Crippen LogP contribution in [0.25, 0.3) is 0 Å². The van der Waals surface area contributed by atoms with E-state index in [1.165, 1.54) is 17.1 Å². The number of carboxylic acid groups (broad SMARTS) is 1. The first-order valence-corrected chi connectivity index (χ1v) is 7.88. The lowest BCUT2D eigenvalue weighted by Crippen LogP contribution is -2.43. The molecule has 0 bridgehead atoms. The predicted octanol–water partition coefficient (Wildman–Crippen LogP) is 2.75. The van der Waals surface area contributed by atoms with Crippen LogP contribution in [-0.4, -0.2) is 47.3 Å². The molecule has 0 unspecified atom stereocenters. The molecule has 6 nitrogen and oxygen atoms in total. The van der Waals surface area contributed by atoms with Gasteiger partial charge in [-0.15, -0.1) is 0 Å². The quantitative estimate of drug-likeness (QED) is 0.847. The van der Waals surface area contributed by atoms with Gasteiger partial charge in [0.15, 0.2) is 0 Å². The van der Waals surface area contributed by atoms with Crippen molar-refractivity contribution in [2.75, 3.05) is 14.2 Å². The Morgan fingerprint density at radius 2 is 1.78 bits per heavy atom. The third-order valence-corrected chi connectivity index (χ3v) is 4.51. The molecule has 0 atom stereocenters. The SMILES string of the molecule is CON(C)C(=O)[C@H]1CC[C@H](N(Cc2ccccc2)C(=O)O)CC1. The van der Waals surface area contributed by atoms with Crippen LogP contribution in [0.4, 0.5) is 4.79 Å². The lowest BCUT2D eigenvalue weighted by molar-refractivity contribution is -0.174. The first-order chi connectivity index (χ1) is 11.0. The Labute approximate surface area is 136 Å². The van der Waals surface area contributed by atoms with Crippen LogP contribution in [0, 0.1) is 5.92 Å². The maximum Gasteiger partial charge on any atom is 0.407 e. The second-order valence-corrected chi connectivity index (χ2v) is 5.92. The van der Waals surface area contributed by atoms with Crippen molar-refractivity contribution in [2.24, 2.45) is 5.92 Å². The minimum absolute atomic E-state index is 0.0316. The number of carbonyl (C=O) groups excluding carboxylic acids is 1. The van der Waals surface area contributed by atoms with E-state index in [1.54, 1.807) is 7.05 Å². The number of amides is 2. The fraction of sp³-hybridized carbons (Fsp3) is 0.529. The van der Waals surface area contributed by atoms with E-state index in [2.05, 4.69) is 0 Å². The molecule has 0 heterocycles. The first kappa shape index (κ1) is 17.3. The van der Waals surface area contributed by atoms with Crippen LogP contribution in [0.1, 0.15) is 31.2 Å². The Bertz CT molecular complexity index is 527. The molecule has 1 saturated carbocycles. The van der Waals surface area contributed by atoms with Gasteiger partial charge in [-0.25, -0.2) is 9.86 Å². The van der Waals surface area contributed by atoms with Crippen LogP contribution < -0.4 is 0 Å². The molecule has 23 heavy (non-hydrogen) atoms. The summed E-state index contributed by atoms with van der Waals surface area (Å²) in [6.07, 6.45) is 1.88. The summed E-state index contributed by atoms with van der Waals surface area (Å²) in [7, 11) is 3.07. The van der Waals surface area contributed by atoms with Crippen molar-refractivity contribution in [3.05, 3.63) is 35.9 Å². The summed E-state index contributed by atoms with van der Waals surface area (Å²) in [5, 5.41) is 10.8. The van der Waals surface area contributed by atoms with Crippen molar-refractivity contribution in [1.29, 1.82) is 0 Å². The van der Waals surface area contributed by atoms with Crippen molar-refractivity contribution in [1.82, 2.24) is 9.96 Å². The molecule has 0 spiro atoms. The molecule has 1 N–H and O–H groups in total. The summed E-state index contributed by atoms with van der Waals surface area (Å²) in [5.41, 5.74) is 0.979. The van der Waals surface area contributed by atoms with E-state index in [1.807, 2.05) is 30.3 Å². The maximum atomic E-state index is 12.1. The van der Waals surface area contributed by atoms with Gasteiger partial charge in [-0.05, 0) is 31.2 Å². The Morgan fingerprint density at radius 1 is 1.17 bits per heavy atom. The van der Waals surface area contributed by atoms with Gasteiger partial charge in [-0.2, -0.15) is 0 Å². The Hall–Kier alpha value is -2.08. The van der Waals surface area contributed by atoms with Gasteiger partial charge in [0.05, 0.1) is 7.11 Å². The molecule has 1 aromatic carbocycles. The van der Waals surface area contributed by atoms with E-state index in [-0.39, 0.29) is 17.9 Å². The average molecular weight is 320 g/mol. The summed E-state index contributed by atoms with van der Waals surface area (Å²) >= 11 is 0. The van der Waals surface area contributed by atoms with E-state index >= 15 is 0 Å². The topological polar surface area (TPSA) is 70.1 Å². The smallest absolute Gasteiger partial charge is 0.407 e. The van der Waals surface area contributed by atoms with Gasteiger partial charge in [0.2, 0.25) is 5.91 Å². The summed E-state index contributed by atoms with van der Waals surface area (Å²) in [4.78, 5) is 30.1. The molecule has 0 aliphatic heterocycles. The minimum atomic E-state index is -0.905. The number of rotatable bonds is 5. The van der Waals surface area contributed by atoms with Crippen LogP contribution in [0.15, 0.2) is 30.3 Å². The normalized spacial score (nSPS) is 20.8. The zero-order valence-electron chi connectivity index (χ0n) is 13.6. The number of nitrogens with zero attached hydrogens (tertiary/aromatic N) is 2. The molecule has 1 aliphatic carbocycles. The molecule has 0 saturated heterocycles. The van der Waals surface area contributed by atoms with Crippen molar-refractivity contribution in [2.45, 2.75) is 38.3 Å². The first-order valence-electron chi connectivity index (χ1n) is 7.88. The fourth-order valence-corrected chi connectivity index (χ4v) is 3.11. The molecule has 2 amide bonds. The van der Waals surface area contributed by atoms with Gasteiger partial charge >= 0.3 is 6.09 Å². The van der Waals surface area contributed by atoms with E-state index in [0.29, 0.717) is 32.2 Å². The highest BCUT2D eigenvalue weighted by Gasteiger charge is 2.32. The van der Waals surface area contributed by atoms with E-state index < -0.39 is 6.09 Å². The number of hydroxylamine groups is 2. The van der Waals surface area contributed by atoms with Crippen molar-refractivity contribution in [3.8, 4) is 0 Å². The monoisotopic (exact) mass is 320 g/mol. The zero-order valence-corrected chi connectivity index (χ0v) is 13.6. The third-order valence-electron chi connectivity index (χ3n) is 4.51. The van der Waals surface area contributed by atoms with E-state index in [0.717, 1.165) is 5.56 Å². The fourth-order valence-electron chi connectivity index (χ4n) is 3.11. The Kier molecular flexibility index (Phi) is 5.98.